The van der Waals surface area contributed by atoms with Crippen LogP contribution < -0.4 is 5.32 Å². The molecule has 0 saturated heterocycles. The number of nitrogens with zero attached hydrogens (tertiary/aromatic N) is 1. The molecule has 2 unspecified atom stereocenters. The van der Waals surface area contributed by atoms with E-state index < -0.39 is 0 Å². The maximum Gasteiger partial charge on any atom is 0.0672 e. The van der Waals surface area contributed by atoms with Crippen LogP contribution in [0.15, 0.2) is 17.5 Å². The second-order valence-electron chi connectivity index (χ2n) is 5.52. The SMILES string of the molecule is CC(C)(CNC1CCCC1C#N)c1cccs1. The summed E-state index contributed by atoms with van der Waals surface area (Å²) >= 11 is 1.81. The normalized spacial score (nSPS) is 24.8. The quantitative estimate of drug-likeness (QED) is 0.887. The van der Waals surface area contributed by atoms with E-state index in [2.05, 4.69) is 42.7 Å². The molecule has 0 aliphatic heterocycles. The molecule has 1 aromatic rings. The van der Waals surface area contributed by atoms with Crippen molar-refractivity contribution in [3.8, 4) is 6.07 Å². The Morgan fingerprint density at radius 3 is 3.00 bits per heavy atom. The van der Waals surface area contributed by atoms with Crippen molar-refractivity contribution in [2.45, 2.75) is 44.6 Å². The molecule has 0 bridgehead atoms. The Kier molecular flexibility index (Phi) is 3.86. The third-order valence-electron chi connectivity index (χ3n) is 3.68. The van der Waals surface area contributed by atoms with Gasteiger partial charge in [-0.15, -0.1) is 11.3 Å². The van der Waals surface area contributed by atoms with Gasteiger partial charge in [0.25, 0.3) is 0 Å². The average Bonchev–Trinajstić information content (AvgIpc) is 2.97. The van der Waals surface area contributed by atoms with Gasteiger partial charge in [0.15, 0.2) is 0 Å². The van der Waals surface area contributed by atoms with Crippen LogP contribution >= 0.6 is 11.3 Å². The summed E-state index contributed by atoms with van der Waals surface area (Å²) in [6, 6.07) is 7.13. The number of nitrogens with one attached hydrogen (secondary N) is 1. The van der Waals surface area contributed by atoms with E-state index in [9.17, 15) is 0 Å². The first-order valence-corrected chi connectivity index (χ1v) is 7.18. The molecule has 1 aliphatic rings. The molecule has 1 saturated carbocycles. The summed E-state index contributed by atoms with van der Waals surface area (Å²) in [5.74, 6) is 0.217. The molecule has 2 atom stereocenters. The standard InChI is InChI=1S/C14H20N2S/c1-14(2,13-7-4-8-17-13)10-16-12-6-3-5-11(12)9-15/h4,7-8,11-12,16H,3,5-6,10H2,1-2H3. The van der Waals surface area contributed by atoms with Gasteiger partial charge in [0.1, 0.15) is 0 Å². The van der Waals surface area contributed by atoms with E-state index in [1.54, 1.807) is 0 Å². The predicted molar refractivity (Wildman–Crippen MR) is 72.1 cm³/mol. The number of rotatable bonds is 4. The predicted octanol–water partition coefficient (Wildman–Crippen LogP) is 3.31. The van der Waals surface area contributed by atoms with Crippen molar-refractivity contribution in [3.05, 3.63) is 22.4 Å². The van der Waals surface area contributed by atoms with E-state index in [4.69, 9.17) is 5.26 Å². The van der Waals surface area contributed by atoms with Crippen LogP contribution in [-0.4, -0.2) is 12.6 Å². The smallest absolute Gasteiger partial charge is 0.0672 e. The minimum atomic E-state index is 0.163. The van der Waals surface area contributed by atoms with Crippen LogP contribution in [0.25, 0.3) is 0 Å². The van der Waals surface area contributed by atoms with Crippen molar-refractivity contribution >= 4 is 11.3 Å². The molecule has 17 heavy (non-hydrogen) atoms. The summed E-state index contributed by atoms with van der Waals surface area (Å²) in [5.41, 5.74) is 0.163. The second kappa shape index (κ2) is 5.20. The van der Waals surface area contributed by atoms with Gasteiger partial charge in [-0.2, -0.15) is 5.26 Å². The first kappa shape index (κ1) is 12.6. The van der Waals surface area contributed by atoms with Gasteiger partial charge < -0.3 is 5.32 Å². The van der Waals surface area contributed by atoms with Crippen LogP contribution in [0, 0.1) is 17.2 Å². The summed E-state index contributed by atoms with van der Waals surface area (Å²) in [7, 11) is 0. The van der Waals surface area contributed by atoms with Crippen molar-refractivity contribution in [3.63, 3.8) is 0 Å². The van der Waals surface area contributed by atoms with Crippen LogP contribution in [0.4, 0.5) is 0 Å². The highest BCUT2D eigenvalue weighted by atomic mass is 32.1. The lowest BCUT2D eigenvalue weighted by molar-refractivity contribution is 0.397. The molecular formula is C14H20N2S. The first-order chi connectivity index (χ1) is 8.13. The van der Waals surface area contributed by atoms with E-state index in [0.717, 1.165) is 19.4 Å². The molecule has 3 heteroatoms. The molecule has 0 aromatic carbocycles. The zero-order valence-electron chi connectivity index (χ0n) is 10.6. The summed E-state index contributed by atoms with van der Waals surface area (Å²) in [6.07, 6.45) is 3.40. The molecular weight excluding hydrogens is 228 g/mol. The molecule has 0 amide bonds. The fraction of sp³-hybridized carbons (Fsp3) is 0.643. The Hall–Kier alpha value is -0.850. The maximum atomic E-state index is 9.06. The van der Waals surface area contributed by atoms with Crippen LogP contribution in [0.5, 0.6) is 0 Å². The molecule has 1 aliphatic carbocycles. The van der Waals surface area contributed by atoms with Crippen LogP contribution in [0.3, 0.4) is 0 Å². The molecule has 92 valence electrons. The molecule has 1 N–H and O–H groups in total. The summed E-state index contributed by atoms with van der Waals surface area (Å²) in [4.78, 5) is 1.41. The lowest BCUT2D eigenvalue weighted by Crippen LogP contribution is -2.40. The topological polar surface area (TPSA) is 35.8 Å². The molecule has 2 nitrogen and oxygen atoms in total. The lowest BCUT2D eigenvalue weighted by atomic mass is 9.90. The average molecular weight is 248 g/mol. The Morgan fingerprint density at radius 2 is 2.35 bits per heavy atom. The van der Waals surface area contributed by atoms with E-state index in [1.165, 1.54) is 11.3 Å². The van der Waals surface area contributed by atoms with Crippen molar-refractivity contribution in [1.82, 2.24) is 5.32 Å². The highest BCUT2D eigenvalue weighted by Crippen LogP contribution is 2.29. The molecule has 0 radical (unpaired) electrons. The van der Waals surface area contributed by atoms with E-state index in [0.29, 0.717) is 6.04 Å². The van der Waals surface area contributed by atoms with Gasteiger partial charge in [0.05, 0.1) is 12.0 Å². The molecule has 2 rings (SSSR count). The minimum Gasteiger partial charge on any atom is -0.312 e. The molecule has 1 aromatic heterocycles. The van der Waals surface area contributed by atoms with Gasteiger partial charge in [0.2, 0.25) is 0 Å². The fourth-order valence-corrected chi connectivity index (χ4v) is 3.35. The van der Waals surface area contributed by atoms with Gasteiger partial charge >= 0.3 is 0 Å². The first-order valence-electron chi connectivity index (χ1n) is 6.30. The minimum absolute atomic E-state index is 0.163. The summed E-state index contributed by atoms with van der Waals surface area (Å²) < 4.78 is 0. The van der Waals surface area contributed by atoms with E-state index in [1.807, 2.05) is 11.3 Å². The van der Waals surface area contributed by atoms with E-state index in [-0.39, 0.29) is 11.3 Å². The van der Waals surface area contributed by atoms with Crippen molar-refractivity contribution in [2.75, 3.05) is 6.54 Å². The van der Waals surface area contributed by atoms with Gasteiger partial charge in [-0.25, -0.2) is 0 Å². The van der Waals surface area contributed by atoms with Crippen molar-refractivity contribution in [2.24, 2.45) is 5.92 Å². The third kappa shape index (κ3) is 2.88. The number of hydrogen-bond acceptors (Lipinski definition) is 3. The maximum absolute atomic E-state index is 9.06. The number of thiophene rings is 1. The lowest BCUT2D eigenvalue weighted by Gasteiger charge is -2.27. The van der Waals surface area contributed by atoms with Gasteiger partial charge in [-0.3, -0.25) is 0 Å². The Bertz CT molecular complexity index is 389. The summed E-state index contributed by atoms with van der Waals surface area (Å²) in [5, 5.41) is 14.8. The summed E-state index contributed by atoms with van der Waals surface area (Å²) in [6.45, 7) is 5.49. The van der Waals surface area contributed by atoms with Crippen molar-refractivity contribution in [1.29, 1.82) is 5.26 Å². The zero-order valence-corrected chi connectivity index (χ0v) is 11.4. The second-order valence-corrected chi connectivity index (χ2v) is 6.46. The van der Waals surface area contributed by atoms with Gasteiger partial charge in [0, 0.05) is 22.9 Å². The Morgan fingerprint density at radius 1 is 1.53 bits per heavy atom. The number of hydrogen-bond donors (Lipinski definition) is 1. The number of nitriles is 1. The molecule has 1 fully saturated rings. The monoisotopic (exact) mass is 248 g/mol. The highest BCUT2D eigenvalue weighted by molar-refractivity contribution is 7.10. The Balaban J connectivity index is 1.92. The van der Waals surface area contributed by atoms with E-state index >= 15 is 0 Å². The van der Waals surface area contributed by atoms with Gasteiger partial charge in [-0.1, -0.05) is 26.3 Å². The molecule has 0 spiro atoms. The van der Waals surface area contributed by atoms with Crippen molar-refractivity contribution < 1.29 is 0 Å². The van der Waals surface area contributed by atoms with Crippen LogP contribution in [0.1, 0.15) is 38.0 Å². The largest absolute Gasteiger partial charge is 0.312 e. The van der Waals surface area contributed by atoms with Crippen LogP contribution in [0.2, 0.25) is 0 Å². The Labute approximate surface area is 108 Å². The van der Waals surface area contributed by atoms with Crippen LogP contribution in [-0.2, 0) is 5.41 Å². The van der Waals surface area contributed by atoms with Gasteiger partial charge in [-0.05, 0) is 24.3 Å². The fourth-order valence-electron chi connectivity index (χ4n) is 2.50. The zero-order chi connectivity index (χ0) is 12.3. The third-order valence-corrected chi connectivity index (χ3v) is 4.91. The molecule has 1 heterocycles. The highest BCUT2D eigenvalue weighted by Gasteiger charge is 2.29.